The predicted octanol–water partition coefficient (Wildman–Crippen LogP) is 3.51. The molecule has 0 saturated carbocycles. The van der Waals surface area contributed by atoms with Crippen molar-refractivity contribution in [2.45, 2.75) is 18.9 Å². The van der Waals surface area contributed by atoms with E-state index in [9.17, 15) is 4.79 Å². The second-order valence-electron chi connectivity index (χ2n) is 4.68. The predicted molar refractivity (Wildman–Crippen MR) is 73.9 cm³/mol. The summed E-state index contributed by atoms with van der Waals surface area (Å²) in [5.74, 6) is 0.123. The molecule has 1 unspecified atom stereocenters. The van der Waals surface area contributed by atoms with Gasteiger partial charge in [-0.15, -0.1) is 0 Å². The summed E-state index contributed by atoms with van der Waals surface area (Å²) in [5.41, 5.74) is 3.49. The maximum atomic E-state index is 12.3. The minimum atomic E-state index is 0.123. The first kappa shape index (κ1) is 11.5. The van der Waals surface area contributed by atoms with E-state index in [0.29, 0.717) is 0 Å². The Labute approximate surface area is 111 Å². The van der Waals surface area contributed by atoms with Crippen molar-refractivity contribution in [2.75, 3.05) is 7.05 Å². The zero-order chi connectivity index (χ0) is 12.5. The summed E-state index contributed by atoms with van der Waals surface area (Å²) >= 11 is 1.57. The standard InChI is InChI=1S/C15H15NOS/c1-16(15(17)12-8-9-18-10-12)14-7-6-11-4-2-3-5-13(11)14/h2-5,8-10,14H,6-7H2,1H3. The maximum absolute atomic E-state index is 12.3. The Kier molecular flexibility index (Phi) is 2.92. The van der Waals surface area contributed by atoms with Crippen LogP contribution in [-0.2, 0) is 6.42 Å². The van der Waals surface area contributed by atoms with E-state index in [4.69, 9.17) is 0 Å². The fourth-order valence-corrected chi connectivity index (χ4v) is 3.30. The van der Waals surface area contributed by atoms with Crippen molar-refractivity contribution >= 4 is 17.2 Å². The molecular formula is C15H15NOS. The number of carbonyl (C=O) groups excluding carboxylic acids is 1. The molecule has 1 aliphatic carbocycles. The van der Waals surface area contributed by atoms with Gasteiger partial charge < -0.3 is 4.90 Å². The van der Waals surface area contributed by atoms with Crippen LogP contribution in [0.1, 0.15) is 33.9 Å². The van der Waals surface area contributed by atoms with E-state index in [1.807, 2.05) is 28.8 Å². The van der Waals surface area contributed by atoms with E-state index in [0.717, 1.165) is 18.4 Å². The molecule has 3 heteroatoms. The molecule has 1 aliphatic rings. The van der Waals surface area contributed by atoms with Gasteiger partial charge in [0.25, 0.3) is 5.91 Å². The summed E-state index contributed by atoms with van der Waals surface area (Å²) in [6, 6.07) is 10.6. The van der Waals surface area contributed by atoms with Gasteiger partial charge in [-0.25, -0.2) is 0 Å². The fourth-order valence-electron chi connectivity index (χ4n) is 2.67. The fraction of sp³-hybridized carbons (Fsp3) is 0.267. The van der Waals surface area contributed by atoms with Crippen LogP contribution in [0.2, 0.25) is 0 Å². The molecule has 2 aromatic rings. The van der Waals surface area contributed by atoms with Gasteiger partial charge in [-0.1, -0.05) is 24.3 Å². The van der Waals surface area contributed by atoms with E-state index < -0.39 is 0 Å². The molecule has 0 aliphatic heterocycles. The van der Waals surface area contributed by atoms with Gasteiger partial charge >= 0.3 is 0 Å². The first-order valence-corrected chi connectivity index (χ1v) is 7.09. The van der Waals surface area contributed by atoms with Crippen LogP contribution in [0.15, 0.2) is 41.1 Å². The summed E-state index contributed by atoms with van der Waals surface area (Å²) in [6.45, 7) is 0. The number of fused-ring (bicyclic) bond motifs is 1. The van der Waals surface area contributed by atoms with Crippen molar-refractivity contribution in [1.29, 1.82) is 0 Å². The largest absolute Gasteiger partial charge is 0.335 e. The first-order valence-electron chi connectivity index (χ1n) is 6.14. The first-order chi connectivity index (χ1) is 8.77. The van der Waals surface area contributed by atoms with Crippen molar-refractivity contribution in [3.8, 4) is 0 Å². The summed E-state index contributed by atoms with van der Waals surface area (Å²) in [5, 5.41) is 3.86. The molecule has 0 saturated heterocycles. The molecule has 0 fully saturated rings. The molecule has 1 heterocycles. The van der Waals surface area contributed by atoms with E-state index in [1.165, 1.54) is 11.1 Å². The summed E-state index contributed by atoms with van der Waals surface area (Å²) < 4.78 is 0. The Morgan fingerprint density at radius 1 is 1.33 bits per heavy atom. The molecular weight excluding hydrogens is 242 g/mol. The molecule has 92 valence electrons. The second-order valence-corrected chi connectivity index (χ2v) is 5.46. The number of thiophene rings is 1. The molecule has 0 radical (unpaired) electrons. The molecule has 1 aromatic heterocycles. The lowest BCUT2D eigenvalue weighted by molar-refractivity contribution is 0.0731. The van der Waals surface area contributed by atoms with Gasteiger partial charge in [0, 0.05) is 12.4 Å². The molecule has 1 atom stereocenters. The van der Waals surface area contributed by atoms with Gasteiger partial charge in [-0.2, -0.15) is 11.3 Å². The number of rotatable bonds is 2. The third-order valence-electron chi connectivity index (χ3n) is 3.66. The lowest BCUT2D eigenvalue weighted by Gasteiger charge is -2.25. The number of benzene rings is 1. The smallest absolute Gasteiger partial charge is 0.254 e. The van der Waals surface area contributed by atoms with Crippen molar-refractivity contribution in [1.82, 2.24) is 4.90 Å². The minimum Gasteiger partial charge on any atom is -0.335 e. The molecule has 18 heavy (non-hydrogen) atoms. The molecule has 0 N–H and O–H groups in total. The summed E-state index contributed by atoms with van der Waals surface area (Å²) in [7, 11) is 1.91. The number of hydrogen-bond donors (Lipinski definition) is 0. The van der Waals surface area contributed by atoms with Crippen molar-refractivity contribution in [3.05, 3.63) is 57.8 Å². The molecule has 2 nitrogen and oxygen atoms in total. The van der Waals surface area contributed by atoms with Crippen molar-refractivity contribution in [3.63, 3.8) is 0 Å². The van der Waals surface area contributed by atoms with E-state index in [2.05, 4.69) is 24.3 Å². The molecule has 0 bridgehead atoms. The van der Waals surface area contributed by atoms with Crippen molar-refractivity contribution < 1.29 is 4.79 Å². The van der Waals surface area contributed by atoms with Gasteiger partial charge in [-0.3, -0.25) is 4.79 Å². The van der Waals surface area contributed by atoms with Crippen molar-refractivity contribution in [2.24, 2.45) is 0 Å². The Morgan fingerprint density at radius 2 is 2.17 bits per heavy atom. The Bertz CT molecular complexity index is 562. The number of nitrogens with zero attached hydrogens (tertiary/aromatic N) is 1. The van der Waals surface area contributed by atoms with E-state index in [1.54, 1.807) is 11.3 Å². The lowest BCUT2D eigenvalue weighted by atomic mass is 10.1. The molecule has 1 amide bonds. The van der Waals surface area contributed by atoms with Crippen LogP contribution < -0.4 is 0 Å². The topological polar surface area (TPSA) is 20.3 Å². The molecule has 3 rings (SSSR count). The molecule has 0 spiro atoms. The van der Waals surface area contributed by atoms with Crippen LogP contribution >= 0.6 is 11.3 Å². The SMILES string of the molecule is CN(C(=O)c1ccsc1)C1CCc2ccccc21. The quantitative estimate of drug-likeness (QED) is 0.806. The number of hydrogen-bond acceptors (Lipinski definition) is 2. The Morgan fingerprint density at radius 3 is 2.94 bits per heavy atom. The zero-order valence-corrected chi connectivity index (χ0v) is 11.1. The Balaban J connectivity index is 1.87. The second kappa shape index (κ2) is 4.58. The Hall–Kier alpha value is -1.61. The lowest BCUT2D eigenvalue weighted by Crippen LogP contribution is -2.29. The highest BCUT2D eigenvalue weighted by Crippen LogP contribution is 2.35. The van der Waals surface area contributed by atoms with E-state index >= 15 is 0 Å². The summed E-state index contributed by atoms with van der Waals surface area (Å²) in [6.07, 6.45) is 2.10. The zero-order valence-electron chi connectivity index (χ0n) is 10.3. The van der Waals surface area contributed by atoms with Gasteiger partial charge in [0.05, 0.1) is 11.6 Å². The van der Waals surface area contributed by atoms with Crippen LogP contribution in [0.3, 0.4) is 0 Å². The maximum Gasteiger partial charge on any atom is 0.254 e. The van der Waals surface area contributed by atoms with Gasteiger partial charge in [-0.05, 0) is 35.4 Å². The van der Waals surface area contributed by atoms with E-state index in [-0.39, 0.29) is 11.9 Å². The van der Waals surface area contributed by atoms with Gasteiger partial charge in [0.2, 0.25) is 0 Å². The number of amides is 1. The monoisotopic (exact) mass is 257 g/mol. The normalized spacial score (nSPS) is 17.5. The third-order valence-corrected chi connectivity index (χ3v) is 4.34. The number of aryl methyl sites for hydroxylation is 1. The van der Waals surface area contributed by atoms with Crippen LogP contribution in [-0.4, -0.2) is 17.9 Å². The summed E-state index contributed by atoms with van der Waals surface area (Å²) in [4.78, 5) is 14.2. The number of carbonyl (C=O) groups is 1. The highest BCUT2D eigenvalue weighted by Gasteiger charge is 2.28. The van der Waals surface area contributed by atoms with Crippen LogP contribution in [0.4, 0.5) is 0 Å². The van der Waals surface area contributed by atoms with Crippen LogP contribution in [0, 0.1) is 0 Å². The molecule has 1 aromatic carbocycles. The van der Waals surface area contributed by atoms with Crippen LogP contribution in [0.25, 0.3) is 0 Å². The third kappa shape index (κ3) is 1.85. The highest BCUT2D eigenvalue weighted by atomic mass is 32.1. The van der Waals surface area contributed by atoms with Crippen LogP contribution in [0.5, 0.6) is 0 Å². The highest BCUT2D eigenvalue weighted by molar-refractivity contribution is 7.08. The minimum absolute atomic E-state index is 0.123. The van der Waals surface area contributed by atoms with Gasteiger partial charge in [0.15, 0.2) is 0 Å². The average Bonchev–Trinajstić information content (AvgIpc) is 3.06. The van der Waals surface area contributed by atoms with Gasteiger partial charge in [0.1, 0.15) is 0 Å². The average molecular weight is 257 g/mol.